The maximum absolute atomic E-state index is 12.7. The summed E-state index contributed by atoms with van der Waals surface area (Å²) in [5.41, 5.74) is 2.27. The van der Waals surface area contributed by atoms with E-state index >= 15 is 0 Å². The van der Waals surface area contributed by atoms with Crippen molar-refractivity contribution in [1.29, 1.82) is 0 Å². The van der Waals surface area contributed by atoms with Gasteiger partial charge in [-0.25, -0.2) is 4.79 Å². The second-order valence-corrected chi connectivity index (χ2v) is 5.46. The van der Waals surface area contributed by atoms with Gasteiger partial charge in [0.2, 0.25) is 6.41 Å². The third kappa shape index (κ3) is 2.13. The fraction of sp³-hybridized carbons (Fsp3) is 0.467. The van der Waals surface area contributed by atoms with Gasteiger partial charge in [-0.05, 0) is 25.0 Å². The van der Waals surface area contributed by atoms with Crippen molar-refractivity contribution in [2.45, 2.75) is 19.4 Å². The fourth-order valence-corrected chi connectivity index (χ4v) is 3.03. The molecule has 1 fully saturated rings. The van der Waals surface area contributed by atoms with Crippen LogP contribution in [0.3, 0.4) is 0 Å². The molecule has 1 saturated heterocycles. The summed E-state index contributed by atoms with van der Waals surface area (Å²) in [7, 11) is 0. The largest absolute Gasteiger partial charge is 0.342 e. The number of rotatable bonds is 1. The number of piperazine rings is 1. The first-order chi connectivity index (χ1) is 9.70. The Morgan fingerprint density at radius 1 is 1.20 bits per heavy atom. The highest BCUT2D eigenvalue weighted by atomic mass is 16.2. The maximum Gasteiger partial charge on any atom is 0.324 e. The molecule has 106 valence electrons. The van der Waals surface area contributed by atoms with E-state index in [9.17, 15) is 9.59 Å². The van der Waals surface area contributed by atoms with Crippen molar-refractivity contribution in [3.63, 3.8) is 0 Å². The topological polar surface area (TPSA) is 43.9 Å². The molecule has 3 amide bonds. The Balaban J connectivity index is 1.76. The van der Waals surface area contributed by atoms with Crippen LogP contribution in [0.4, 0.5) is 10.5 Å². The van der Waals surface area contributed by atoms with Gasteiger partial charge in [0.25, 0.3) is 0 Å². The molecule has 2 heterocycles. The monoisotopic (exact) mass is 273 g/mol. The van der Waals surface area contributed by atoms with Crippen LogP contribution in [0.1, 0.15) is 12.5 Å². The Labute approximate surface area is 118 Å². The lowest BCUT2D eigenvalue weighted by atomic mass is 10.1. The van der Waals surface area contributed by atoms with Gasteiger partial charge in [-0.2, -0.15) is 0 Å². The highest BCUT2D eigenvalue weighted by Crippen LogP contribution is 2.32. The lowest BCUT2D eigenvalue weighted by Crippen LogP contribution is -2.53. The number of urea groups is 1. The Morgan fingerprint density at radius 2 is 1.90 bits per heavy atom. The SMILES string of the molecule is CC1Cc2ccccc2N1C(=O)N1CCN(C=O)CC1. The third-order valence-corrected chi connectivity index (χ3v) is 4.15. The first kappa shape index (κ1) is 13.0. The number of hydrogen-bond acceptors (Lipinski definition) is 2. The van der Waals surface area contributed by atoms with E-state index in [0.29, 0.717) is 26.2 Å². The van der Waals surface area contributed by atoms with Gasteiger partial charge in [-0.1, -0.05) is 18.2 Å². The number of fused-ring (bicyclic) bond motifs is 1. The smallest absolute Gasteiger partial charge is 0.324 e. The molecule has 0 N–H and O–H groups in total. The lowest BCUT2D eigenvalue weighted by Gasteiger charge is -2.36. The maximum atomic E-state index is 12.7. The van der Waals surface area contributed by atoms with Crippen LogP contribution >= 0.6 is 0 Å². The van der Waals surface area contributed by atoms with Crippen LogP contribution in [0.15, 0.2) is 24.3 Å². The van der Waals surface area contributed by atoms with E-state index in [1.807, 2.05) is 28.0 Å². The molecule has 0 spiro atoms. The van der Waals surface area contributed by atoms with Crippen molar-refractivity contribution in [3.05, 3.63) is 29.8 Å². The number of carbonyl (C=O) groups excluding carboxylic acids is 2. The zero-order valence-electron chi connectivity index (χ0n) is 11.7. The van der Waals surface area contributed by atoms with Crippen LogP contribution in [0.5, 0.6) is 0 Å². The Morgan fingerprint density at radius 3 is 2.60 bits per heavy atom. The first-order valence-electron chi connectivity index (χ1n) is 7.06. The molecule has 2 aliphatic heterocycles. The van der Waals surface area contributed by atoms with E-state index < -0.39 is 0 Å². The van der Waals surface area contributed by atoms with E-state index in [1.54, 1.807) is 4.90 Å². The van der Waals surface area contributed by atoms with Crippen molar-refractivity contribution < 1.29 is 9.59 Å². The summed E-state index contributed by atoms with van der Waals surface area (Å²) in [6.45, 7) is 4.56. The predicted octanol–water partition coefficient (Wildman–Crippen LogP) is 1.33. The van der Waals surface area contributed by atoms with E-state index in [0.717, 1.165) is 18.5 Å². The van der Waals surface area contributed by atoms with Crippen molar-refractivity contribution in [3.8, 4) is 0 Å². The van der Waals surface area contributed by atoms with E-state index in [4.69, 9.17) is 0 Å². The summed E-state index contributed by atoms with van der Waals surface area (Å²) in [4.78, 5) is 28.9. The lowest BCUT2D eigenvalue weighted by molar-refractivity contribution is -0.119. The molecule has 5 nitrogen and oxygen atoms in total. The van der Waals surface area contributed by atoms with E-state index in [-0.39, 0.29) is 12.1 Å². The standard InChI is InChI=1S/C15H19N3O2/c1-12-10-13-4-2-3-5-14(13)18(12)15(20)17-8-6-16(11-19)7-9-17/h2-5,11-12H,6-10H2,1H3. The number of anilines is 1. The average molecular weight is 273 g/mol. The van der Waals surface area contributed by atoms with Crippen molar-refractivity contribution >= 4 is 18.1 Å². The van der Waals surface area contributed by atoms with Crippen molar-refractivity contribution in [2.24, 2.45) is 0 Å². The molecule has 1 aromatic rings. The van der Waals surface area contributed by atoms with Gasteiger partial charge in [0.05, 0.1) is 0 Å². The first-order valence-corrected chi connectivity index (χ1v) is 7.06. The van der Waals surface area contributed by atoms with Gasteiger partial charge in [0.15, 0.2) is 0 Å². The Kier molecular flexibility index (Phi) is 3.34. The summed E-state index contributed by atoms with van der Waals surface area (Å²) in [6, 6.07) is 8.35. The molecule has 1 unspecified atom stereocenters. The van der Waals surface area contributed by atoms with Gasteiger partial charge >= 0.3 is 6.03 Å². The average Bonchev–Trinajstić information content (AvgIpc) is 2.82. The number of nitrogens with zero attached hydrogens (tertiary/aromatic N) is 3. The molecule has 2 aliphatic rings. The molecule has 20 heavy (non-hydrogen) atoms. The molecule has 0 radical (unpaired) electrons. The molecule has 0 aromatic heterocycles. The number of amides is 3. The van der Waals surface area contributed by atoms with Gasteiger partial charge in [-0.15, -0.1) is 0 Å². The van der Waals surface area contributed by atoms with Crippen LogP contribution < -0.4 is 4.90 Å². The van der Waals surface area contributed by atoms with Crippen LogP contribution in [-0.2, 0) is 11.2 Å². The molecule has 0 aliphatic carbocycles. The summed E-state index contributed by atoms with van der Waals surface area (Å²) in [5, 5.41) is 0. The number of benzene rings is 1. The van der Waals surface area contributed by atoms with Gasteiger partial charge in [0, 0.05) is 37.9 Å². The Hall–Kier alpha value is -2.04. The molecular weight excluding hydrogens is 254 g/mol. The molecule has 5 heteroatoms. The third-order valence-electron chi connectivity index (χ3n) is 4.15. The minimum Gasteiger partial charge on any atom is -0.342 e. The van der Waals surface area contributed by atoms with E-state index in [1.165, 1.54) is 5.56 Å². The van der Waals surface area contributed by atoms with Gasteiger partial charge in [0.1, 0.15) is 0 Å². The fourth-order valence-electron chi connectivity index (χ4n) is 3.03. The quantitative estimate of drug-likeness (QED) is 0.725. The van der Waals surface area contributed by atoms with Crippen LogP contribution in [0.2, 0.25) is 0 Å². The summed E-state index contributed by atoms with van der Waals surface area (Å²) in [5.74, 6) is 0. The van der Waals surface area contributed by atoms with E-state index in [2.05, 4.69) is 13.0 Å². The van der Waals surface area contributed by atoms with Crippen molar-refractivity contribution in [2.75, 3.05) is 31.1 Å². The minimum atomic E-state index is 0.0630. The highest BCUT2D eigenvalue weighted by Gasteiger charge is 2.34. The second-order valence-electron chi connectivity index (χ2n) is 5.46. The molecular formula is C15H19N3O2. The zero-order chi connectivity index (χ0) is 14.1. The Bertz CT molecular complexity index is 524. The minimum absolute atomic E-state index is 0.0630. The molecule has 3 rings (SSSR count). The van der Waals surface area contributed by atoms with Crippen LogP contribution in [0.25, 0.3) is 0 Å². The van der Waals surface area contributed by atoms with Crippen LogP contribution in [0, 0.1) is 0 Å². The zero-order valence-corrected chi connectivity index (χ0v) is 11.7. The predicted molar refractivity (Wildman–Crippen MR) is 76.7 cm³/mol. The molecule has 1 aromatic carbocycles. The second kappa shape index (κ2) is 5.15. The number of para-hydroxylation sites is 1. The summed E-state index contributed by atoms with van der Waals surface area (Å²) < 4.78 is 0. The van der Waals surface area contributed by atoms with Crippen molar-refractivity contribution in [1.82, 2.24) is 9.80 Å². The number of hydrogen-bond donors (Lipinski definition) is 0. The highest BCUT2D eigenvalue weighted by molar-refractivity contribution is 5.95. The van der Waals surface area contributed by atoms with Gasteiger partial charge in [-0.3, -0.25) is 9.69 Å². The molecule has 1 atom stereocenters. The molecule has 0 bridgehead atoms. The summed E-state index contributed by atoms with van der Waals surface area (Å²) >= 11 is 0. The normalized spacial score (nSPS) is 21.9. The number of carbonyl (C=O) groups is 2. The summed E-state index contributed by atoms with van der Waals surface area (Å²) in [6.07, 6.45) is 1.77. The van der Waals surface area contributed by atoms with Gasteiger partial charge < -0.3 is 9.80 Å². The van der Waals surface area contributed by atoms with Crippen LogP contribution in [-0.4, -0.2) is 54.5 Å². The molecule has 0 saturated carbocycles.